The van der Waals surface area contributed by atoms with Crippen molar-refractivity contribution in [1.82, 2.24) is 19.7 Å². The molecular formula is C20H21ClN4O2S. The molecule has 1 heterocycles. The molecule has 0 atom stereocenters. The van der Waals surface area contributed by atoms with Crippen molar-refractivity contribution in [2.45, 2.75) is 20.0 Å². The van der Waals surface area contributed by atoms with Gasteiger partial charge >= 0.3 is 0 Å². The van der Waals surface area contributed by atoms with E-state index in [1.807, 2.05) is 31.2 Å². The Kier molecular flexibility index (Phi) is 6.16. The van der Waals surface area contributed by atoms with E-state index in [9.17, 15) is 4.79 Å². The van der Waals surface area contributed by atoms with Gasteiger partial charge in [-0.3, -0.25) is 14.5 Å². The second-order valence-corrected chi connectivity index (χ2v) is 7.33. The lowest BCUT2D eigenvalue weighted by molar-refractivity contribution is -0.131. The van der Waals surface area contributed by atoms with Gasteiger partial charge in [0.2, 0.25) is 5.91 Å². The summed E-state index contributed by atoms with van der Waals surface area (Å²) in [6.07, 6.45) is 0. The maximum absolute atomic E-state index is 12.8. The van der Waals surface area contributed by atoms with Gasteiger partial charge in [-0.15, -0.1) is 0 Å². The molecule has 0 radical (unpaired) electrons. The van der Waals surface area contributed by atoms with Crippen molar-refractivity contribution < 1.29 is 9.53 Å². The Balaban J connectivity index is 1.80. The zero-order valence-electron chi connectivity index (χ0n) is 15.9. The third kappa shape index (κ3) is 4.43. The van der Waals surface area contributed by atoms with Crippen LogP contribution in [0.15, 0.2) is 42.5 Å². The summed E-state index contributed by atoms with van der Waals surface area (Å²) in [6, 6.07) is 13.3. The van der Waals surface area contributed by atoms with Crippen molar-refractivity contribution in [1.29, 1.82) is 0 Å². The molecule has 146 valence electrons. The largest absolute Gasteiger partial charge is 0.496 e. The van der Waals surface area contributed by atoms with Crippen molar-refractivity contribution in [2.75, 3.05) is 14.2 Å². The van der Waals surface area contributed by atoms with Crippen LogP contribution in [-0.2, 0) is 17.9 Å². The monoisotopic (exact) mass is 416 g/mol. The molecule has 28 heavy (non-hydrogen) atoms. The number of nitrogens with zero attached hydrogens (tertiary/aromatic N) is 3. The first-order valence-electron chi connectivity index (χ1n) is 8.67. The molecule has 0 unspecified atom stereocenters. The molecule has 0 saturated carbocycles. The van der Waals surface area contributed by atoms with E-state index < -0.39 is 0 Å². The minimum Gasteiger partial charge on any atom is -0.496 e. The summed E-state index contributed by atoms with van der Waals surface area (Å²) in [7, 11) is 3.32. The molecule has 0 bridgehead atoms. The van der Waals surface area contributed by atoms with Gasteiger partial charge < -0.3 is 9.64 Å². The Morgan fingerprint density at radius 2 is 2.00 bits per heavy atom. The van der Waals surface area contributed by atoms with Gasteiger partial charge in [-0.05, 0) is 37.3 Å². The van der Waals surface area contributed by atoms with E-state index in [4.69, 9.17) is 28.6 Å². The maximum Gasteiger partial charge on any atom is 0.242 e. The van der Waals surface area contributed by atoms with Crippen LogP contribution >= 0.6 is 23.8 Å². The average Bonchev–Trinajstić information content (AvgIpc) is 3.03. The molecule has 0 aliphatic heterocycles. The first-order valence-corrected chi connectivity index (χ1v) is 9.46. The lowest BCUT2D eigenvalue weighted by atomic mass is 10.1. The highest BCUT2D eigenvalue weighted by molar-refractivity contribution is 7.71. The standard InChI is InChI=1S/C20H21ClN4O2S/c1-13-4-6-14(7-5-13)19-22-23-20(28)25(19)12-18(26)24(2)11-15-10-16(21)8-9-17(15)27-3/h4-10H,11-12H2,1-3H3,(H,23,28). The van der Waals surface area contributed by atoms with Crippen LogP contribution < -0.4 is 4.74 Å². The number of benzene rings is 2. The number of methoxy groups -OCH3 is 1. The second-order valence-electron chi connectivity index (χ2n) is 6.51. The summed E-state index contributed by atoms with van der Waals surface area (Å²) in [6.45, 7) is 2.47. The van der Waals surface area contributed by atoms with E-state index >= 15 is 0 Å². The Morgan fingerprint density at radius 3 is 2.68 bits per heavy atom. The van der Waals surface area contributed by atoms with E-state index in [0.29, 0.717) is 27.9 Å². The van der Waals surface area contributed by atoms with Gasteiger partial charge in [0.15, 0.2) is 10.6 Å². The SMILES string of the molecule is COc1ccc(Cl)cc1CN(C)C(=O)Cn1c(-c2ccc(C)cc2)n[nH]c1=S. The highest BCUT2D eigenvalue weighted by Crippen LogP contribution is 2.24. The van der Waals surface area contributed by atoms with Crippen LogP contribution in [0.1, 0.15) is 11.1 Å². The molecule has 3 rings (SSSR count). The Hall–Kier alpha value is -2.64. The van der Waals surface area contributed by atoms with E-state index in [0.717, 1.165) is 16.7 Å². The number of amides is 1. The van der Waals surface area contributed by atoms with Gasteiger partial charge in [-0.25, -0.2) is 0 Å². The summed E-state index contributed by atoms with van der Waals surface area (Å²) in [5.74, 6) is 1.21. The number of aromatic amines is 1. The highest BCUT2D eigenvalue weighted by atomic mass is 35.5. The molecule has 0 fully saturated rings. The minimum absolute atomic E-state index is 0.0813. The summed E-state index contributed by atoms with van der Waals surface area (Å²) in [5.41, 5.74) is 2.88. The van der Waals surface area contributed by atoms with Crippen LogP contribution in [-0.4, -0.2) is 39.7 Å². The molecule has 6 nitrogen and oxygen atoms in total. The first kappa shape index (κ1) is 20.1. The van der Waals surface area contributed by atoms with Crippen LogP contribution in [0.2, 0.25) is 5.02 Å². The predicted molar refractivity (Wildman–Crippen MR) is 112 cm³/mol. The number of nitrogens with one attached hydrogen (secondary N) is 1. The van der Waals surface area contributed by atoms with Crippen molar-refractivity contribution in [2.24, 2.45) is 0 Å². The Labute approximate surface area is 173 Å². The highest BCUT2D eigenvalue weighted by Gasteiger charge is 2.17. The number of likely N-dealkylation sites (N-methyl/N-ethyl adjacent to an activating group) is 1. The number of H-pyrrole nitrogens is 1. The van der Waals surface area contributed by atoms with Crippen molar-refractivity contribution in [3.63, 3.8) is 0 Å². The first-order chi connectivity index (χ1) is 13.4. The van der Waals surface area contributed by atoms with Crippen LogP contribution in [0.25, 0.3) is 11.4 Å². The van der Waals surface area contributed by atoms with Crippen LogP contribution in [0, 0.1) is 11.7 Å². The van der Waals surface area contributed by atoms with Crippen molar-refractivity contribution in [3.05, 3.63) is 63.4 Å². The van der Waals surface area contributed by atoms with Gasteiger partial charge in [0, 0.05) is 29.7 Å². The van der Waals surface area contributed by atoms with Gasteiger partial charge in [0.1, 0.15) is 12.3 Å². The lowest BCUT2D eigenvalue weighted by Gasteiger charge is -2.19. The van der Waals surface area contributed by atoms with Crippen molar-refractivity contribution >= 4 is 29.7 Å². The topological polar surface area (TPSA) is 63.1 Å². The lowest BCUT2D eigenvalue weighted by Crippen LogP contribution is -2.30. The third-order valence-electron chi connectivity index (χ3n) is 4.44. The minimum atomic E-state index is -0.104. The predicted octanol–water partition coefficient (Wildman–Crippen LogP) is 4.24. The summed E-state index contributed by atoms with van der Waals surface area (Å²) >= 11 is 11.4. The molecular weight excluding hydrogens is 396 g/mol. The fourth-order valence-electron chi connectivity index (χ4n) is 2.86. The van der Waals surface area contributed by atoms with E-state index in [2.05, 4.69) is 10.2 Å². The van der Waals surface area contributed by atoms with Crippen LogP contribution in [0.3, 0.4) is 0 Å². The summed E-state index contributed by atoms with van der Waals surface area (Å²) in [5, 5.41) is 7.66. The quantitative estimate of drug-likeness (QED) is 0.610. The second kappa shape index (κ2) is 8.58. The van der Waals surface area contributed by atoms with Gasteiger partial charge in [-0.1, -0.05) is 41.4 Å². The molecule has 3 aromatic rings. The zero-order valence-corrected chi connectivity index (χ0v) is 17.5. The molecule has 1 aromatic heterocycles. The number of aromatic nitrogens is 3. The number of aryl methyl sites for hydroxylation is 1. The molecule has 0 aliphatic carbocycles. The molecule has 0 aliphatic rings. The van der Waals surface area contributed by atoms with E-state index in [-0.39, 0.29) is 12.5 Å². The summed E-state index contributed by atoms with van der Waals surface area (Å²) in [4.78, 5) is 14.4. The van der Waals surface area contributed by atoms with Crippen molar-refractivity contribution in [3.8, 4) is 17.1 Å². The Morgan fingerprint density at radius 1 is 1.29 bits per heavy atom. The number of hydrogen-bond donors (Lipinski definition) is 1. The van der Waals surface area contributed by atoms with Crippen LogP contribution in [0.5, 0.6) is 5.75 Å². The van der Waals surface area contributed by atoms with E-state index in [1.54, 1.807) is 41.8 Å². The number of halogens is 1. The number of carbonyl (C=O) groups is 1. The number of ether oxygens (including phenoxy) is 1. The molecule has 1 amide bonds. The van der Waals surface area contributed by atoms with Gasteiger partial charge in [0.25, 0.3) is 0 Å². The average molecular weight is 417 g/mol. The maximum atomic E-state index is 12.8. The zero-order chi connectivity index (χ0) is 20.3. The fourth-order valence-corrected chi connectivity index (χ4v) is 3.25. The third-order valence-corrected chi connectivity index (χ3v) is 4.98. The number of rotatable bonds is 6. The van der Waals surface area contributed by atoms with E-state index in [1.165, 1.54) is 0 Å². The molecule has 2 aromatic carbocycles. The molecule has 1 N–H and O–H groups in total. The van der Waals surface area contributed by atoms with Gasteiger partial charge in [0.05, 0.1) is 7.11 Å². The van der Waals surface area contributed by atoms with Gasteiger partial charge in [-0.2, -0.15) is 5.10 Å². The molecule has 0 spiro atoms. The number of carbonyl (C=O) groups excluding carboxylic acids is 1. The molecule has 0 saturated heterocycles. The fraction of sp³-hybridized carbons (Fsp3) is 0.250. The normalized spacial score (nSPS) is 10.7. The van der Waals surface area contributed by atoms with Crippen LogP contribution in [0.4, 0.5) is 0 Å². The molecule has 8 heteroatoms. The smallest absolute Gasteiger partial charge is 0.242 e. The Bertz CT molecular complexity index is 1040. The summed E-state index contributed by atoms with van der Waals surface area (Å²) < 4.78 is 7.46. The number of hydrogen-bond acceptors (Lipinski definition) is 4.